The Balaban J connectivity index is 2.36. The standard InChI is InChI=1S/C18H28N2O3/c1-3-6-14(4-2)13-23-18(22)20-16-11-9-15(10-12-16)7-5-8-17(19)21/h9-12,14H,3-8,13H2,1-2H3,(H2,19,21)(H,20,22). The van der Waals surface area contributed by atoms with Gasteiger partial charge in [-0.2, -0.15) is 0 Å². The number of nitrogens with two attached hydrogens (primary N) is 1. The van der Waals surface area contributed by atoms with Crippen LogP contribution in [-0.4, -0.2) is 18.6 Å². The van der Waals surface area contributed by atoms with E-state index in [0.717, 1.165) is 37.7 Å². The van der Waals surface area contributed by atoms with Gasteiger partial charge in [-0.05, 0) is 42.9 Å². The summed E-state index contributed by atoms with van der Waals surface area (Å²) in [6.45, 7) is 4.70. The van der Waals surface area contributed by atoms with Crippen molar-refractivity contribution in [2.24, 2.45) is 11.7 Å². The molecule has 0 heterocycles. The molecule has 0 spiro atoms. The zero-order valence-corrected chi connectivity index (χ0v) is 14.1. The van der Waals surface area contributed by atoms with Crippen molar-refractivity contribution in [3.63, 3.8) is 0 Å². The second-order valence-corrected chi connectivity index (χ2v) is 5.80. The maximum atomic E-state index is 11.8. The molecule has 128 valence electrons. The van der Waals surface area contributed by atoms with Crippen molar-refractivity contribution in [1.82, 2.24) is 0 Å². The van der Waals surface area contributed by atoms with Crippen LogP contribution in [0.2, 0.25) is 0 Å². The third kappa shape index (κ3) is 8.24. The summed E-state index contributed by atoms with van der Waals surface area (Å²) >= 11 is 0. The topological polar surface area (TPSA) is 81.4 Å². The third-order valence-corrected chi connectivity index (χ3v) is 3.81. The number of amides is 2. The minimum atomic E-state index is -0.416. The van der Waals surface area contributed by atoms with Gasteiger partial charge in [-0.3, -0.25) is 10.1 Å². The first-order valence-electron chi connectivity index (χ1n) is 8.36. The molecule has 1 aromatic rings. The van der Waals surface area contributed by atoms with Crippen molar-refractivity contribution in [2.75, 3.05) is 11.9 Å². The first-order valence-corrected chi connectivity index (χ1v) is 8.36. The lowest BCUT2D eigenvalue weighted by Crippen LogP contribution is -2.18. The molecule has 23 heavy (non-hydrogen) atoms. The van der Waals surface area contributed by atoms with E-state index in [0.29, 0.717) is 24.6 Å². The summed E-state index contributed by atoms with van der Waals surface area (Å²) in [5, 5.41) is 2.73. The smallest absolute Gasteiger partial charge is 0.411 e. The Bertz CT molecular complexity index is 486. The Morgan fingerprint density at radius 3 is 2.48 bits per heavy atom. The van der Waals surface area contributed by atoms with Gasteiger partial charge in [0.1, 0.15) is 0 Å². The van der Waals surface area contributed by atoms with Crippen LogP contribution in [0, 0.1) is 5.92 Å². The molecular formula is C18H28N2O3. The van der Waals surface area contributed by atoms with Crippen molar-refractivity contribution < 1.29 is 14.3 Å². The van der Waals surface area contributed by atoms with Crippen molar-refractivity contribution in [3.8, 4) is 0 Å². The maximum absolute atomic E-state index is 11.8. The summed E-state index contributed by atoms with van der Waals surface area (Å²) in [5.41, 5.74) is 6.93. The highest BCUT2D eigenvalue weighted by Crippen LogP contribution is 2.14. The molecule has 0 saturated heterocycles. The molecule has 1 unspecified atom stereocenters. The van der Waals surface area contributed by atoms with Gasteiger partial charge in [0, 0.05) is 12.1 Å². The molecule has 3 N–H and O–H groups in total. The number of primary amides is 1. The van der Waals surface area contributed by atoms with Crippen molar-refractivity contribution in [3.05, 3.63) is 29.8 Å². The number of anilines is 1. The van der Waals surface area contributed by atoms with Gasteiger partial charge in [-0.25, -0.2) is 4.79 Å². The molecule has 0 saturated carbocycles. The summed E-state index contributed by atoms with van der Waals surface area (Å²) in [6.07, 6.45) is 4.69. The van der Waals surface area contributed by atoms with Gasteiger partial charge in [0.2, 0.25) is 5.91 Å². The molecule has 1 atom stereocenters. The quantitative estimate of drug-likeness (QED) is 0.686. The van der Waals surface area contributed by atoms with E-state index >= 15 is 0 Å². The van der Waals surface area contributed by atoms with E-state index in [-0.39, 0.29) is 5.91 Å². The summed E-state index contributed by atoms with van der Waals surface area (Å²) < 4.78 is 5.27. The summed E-state index contributed by atoms with van der Waals surface area (Å²) in [5.74, 6) is 0.151. The molecule has 0 bridgehead atoms. The van der Waals surface area contributed by atoms with E-state index < -0.39 is 6.09 Å². The predicted molar refractivity (Wildman–Crippen MR) is 92.2 cm³/mol. The molecule has 0 aliphatic heterocycles. The number of ether oxygens (including phenoxy) is 1. The highest BCUT2D eigenvalue weighted by atomic mass is 16.5. The van der Waals surface area contributed by atoms with Crippen LogP contribution in [0.15, 0.2) is 24.3 Å². The van der Waals surface area contributed by atoms with Crippen molar-refractivity contribution >= 4 is 17.7 Å². The number of hydrogen-bond donors (Lipinski definition) is 2. The van der Waals surface area contributed by atoms with Crippen molar-refractivity contribution in [1.29, 1.82) is 0 Å². The molecule has 2 amide bonds. The van der Waals surface area contributed by atoms with E-state index in [4.69, 9.17) is 10.5 Å². The Morgan fingerprint density at radius 2 is 1.91 bits per heavy atom. The molecule has 0 aromatic heterocycles. The van der Waals surface area contributed by atoms with Gasteiger partial charge in [0.15, 0.2) is 0 Å². The average Bonchev–Trinajstić information content (AvgIpc) is 2.52. The third-order valence-electron chi connectivity index (χ3n) is 3.81. The minimum Gasteiger partial charge on any atom is -0.449 e. The van der Waals surface area contributed by atoms with Crippen LogP contribution in [0.25, 0.3) is 0 Å². The number of carbonyl (C=O) groups excluding carboxylic acids is 2. The second kappa shape index (κ2) is 10.6. The van der Waals surface area contributed by atoms with E-state index in [2.05, 4.69) is 19.2 Å². The number of benzene rings is 1. The van der Waals surface area contributed by atoms with E-state index in [1.165, 1.54) is 0 Å². The van der Waals surface area contributed by atoms with Crippen LogP contribution in [0.5, 0.6) is 0 Å². The predicted octanol–water partition coefficient (Wildman–Crippen LogP) is 3.87. The van der Waals surface area contributed by atoms with Gasteiger partial charge in [0.25, 0.3) is 0 Å². The molecule has 5 nitrogen and oxygen atoms in total. The summed E-state index contributed by atoms with van der Waals surface area (Å²) in [7, 11) is 0. The van der Waals surface area contributed by atoms with Gasteiger partial charge in [-0.15, -0.1) is 0 Å². The van der Waals surface area contributed by atoms with Crippen LogP contribution in [0.3, 0.4) is 0 Å². The van der Waals surface area contributed by atoms with Crippen LogP contribution < -0.4 is 11.1 Å². The fourth-order valence-corrected chi connectivity index (χ4v) is 2.38. The summed E-state index contributed by atoms with van der Waals surface area (Å²) in [4.78, 5) is 22.5. The van der Waals surface area contributed by atoms with Crippen LogP contribution >= 0.6 is 0 Å². The molecule has 0 aliphatic carbocycles. The lowest BCUT2D eigenvalue weighted by molar-refractivity contribution is -0.118. The monoisotopic (exact) mass is 320 g/mol. The zero-order chi connectivity index (χ0) is 17.1. The molecular weight excluding hydrogens is 292 g/mol. The molecule has 0 fully saturated rings. The summed E-state index contributed by atoms with van der Waals surface area (Å²) in [6, 6.07) is 7.54. The zero-order valence-electron chi connectivity index (χ0n) is 14.1. The second-order valence-electron chi connectivity index (χ2n) is 5.80. The SMILES string of the molecule is CCCC(CC)COC(=O)Nc1ccc(CCCC(N)=O)cc1. The van der Waals surface area contributed by atoms with Gasteiger partial charge < -0.3 is 10.5 Å². The Kier molecular flexibility index (Phi) is 8.80. The molecule has 1 aromatic carbocycles. The van der Waals surface area contributed by atoms with Gasteiger partial charge in [-0.1, -0.05) is 38.8 Å². The van der Waals surface area contributed by atoms with Crippen LogP contribution in [0.4, 0.5) is 10.5 Å². The Hall–Kier alpha value is -2.04. The fraction of sp³-hybridized carbons (Fsp3) is 0.556. The number of nitrogens with one attached hydrogen (secondary N) is 1. The molecule has 0 radical (unpaired) electrons. The lowest BCUT2D eigenvalue weighted by atomic mass is 10.0. The van der Waals surface area contributed by atoms with Crippen LogP contribution in [-0.2, 0) is 16.0 Å². The first kappa shape index (κ1) is 19.0. The first-order chi connectivity index (χ1) is 11.0. The largest absolute Gasteiger partial charge is 0.449 e. The van der Waals surface area contributed by atoms with Crippen molar-refractivity contribution in [2.45, 2.75) is 52.4 Å². The molecule has 0 aliphatic rings. The Labute approximate surface area is 138 Å². The highest BCUT2D eigenvalue weighted by molar-refractivity contribution is 5.84. The van der Waals surface area contributed by atoms with Gasteiger partial charge >= 0.3 is 6.09 Å². The van der Waals surface area contributed by atoms with Crippen LogP contribution in [0.1, 0.15) is 51.5 Å². The number of carbonyl (C=O) groups is 2. The lowest BCUT2D eigenvalue weighted by Gasteiger charge is -2.14. The number of aryl methyl sites for hydroxylation is 1. The Morgan fingerprint density at radius 1 is 1.22 bits per heavy atom. The number of rotatable bonds is 10. The van der Waals surface area contributed by atoms with Gasteiger partial charge in [0.05, 0.1) is 6.61 Å². The fourth-order valence-electron chi connectivity index (χ4n) is 2.38. The number of hydrogen-bond acceptors (Lipinski definition) is 3. The minimum absolute atomic E-state index is 0.278. The van der Waals surface area contributed by atoms with E-state index in [1.54, 1.807) is 0 Å². The average molecular weight is 320 g/mol. The molecule has 1 rings (SSSR count). The maximum Gasteiger partial charge on any atom is 0.411 e. The normalized spacial score (nSPS) is 11.7. The van der Waals surface area contributed by atoms with E-state index in [1.807, 2.05) is 24.3 Å². The van der Waals surface area contributed by atoms with E-state index in [9.17, 15) is 9.59 Å². The molecule has 5 heteroatoms. The highest BCUT2D eigenvalue weighted by Gasteiger charge is 2.09.